The lowest BCUT2D eigenvalue weighted by atomic mass is 9.82. The summed E-state index contributed by atoms with van der Waals surface area (Å²) < 4.78 is 26.2. The van der Waals surface area contributed by atoms with Crippen molar-refractivity contribution in [3.05, 3.63) is 35.9 Å². The first-order chi connectivity index (χ1) is 13.8. The third kappa shape index (κ3) is 5.31. The van der Waals surface area contributed by atoms with E-state index < -0.39 is 15.3 Å². The van der Waals surface area contributed by atoms with E-state index in [1.165, 1.54) is 5.56 Å². The van der Waals surface area contributed by atoms with Crippen molar-refractivity contribution in [1.29, 1.82) is 0 Å². The topological polar surface area (TPSA) is 69.7 Å². The van der Waals surface area contributed by atoms with Crippen LogP contribution >= 0.6 is 0 Å². The van der Waals surface area contributed by atoms with Gasteiger partial charge in [0, 0.05) is 32.2 Å². The van der Waals surface area contributed by atoms with Crippen LogP contribution < -0.4 is 5.32 Å². The molecule has 1 heterocycles. The van der Waals surface area contributed by atoms with Crippen molar-refractivity contribution in [1.82, 2.24) is 14.5 Å². The molecule has 1 saturated heterocycles. The van der Waals surface area contributed by atoms with Crippen molar-refractivity contribution in [3.8, 4) is 0 Å². The van der Waals surface area contributed by atoms with Gasteiger partial charge in [-0.15, -0.1) is 0 Å². The van der Waals surface area contributed by atoms with Gasteiger partial charge >= 0.3 is 6.03 Å². The molecule has 0 atom stereocenters. The summed E-state index contributed by atoms with van der Waals surface area (Å²) in [6.07, 6.45) is 5.59. The number of benzene rings is 1. The van der Waals surface area contributed by atoms with Gasteiger partial charge in [0.15, 0.2) is 0 Å². The number of carbonyl (C=O) groups is 1. The van der Waals surface area contributed by atoms with E-state index in [4.69, 9.17) is 0 Å². The smallest absolute Gasteiger partial charge is 0.317 e. The first kappa shape index (κ1) is 22.1. The fourth-order valence-electron chi connectivity index (χ4n) is 4.52. The molecule has 3 rings (SSSR count). The molecule has 0 radical (unpaired) electrons. The van der Waals surface area contributed by atoms with Gasteiger partial charge in [-0.25, -0.2) is 17.5 Å². The van der Waals surface area contributed by atoms with Gasteiger partial charge in [0.2, 0.25) is 10.0 Å². The molecule has 2 amide bonds. The highest BCUT2D eigenvalue weighted by Crippen LogP contribution is 2.32. The second-order valence-corrected chi connectivity index (χ2v) is 11.2. The number of nitrogens with zero attached hydrogens (tertiary/aromatic N) is 2. The Balaban J connectivity index is 1.45. The molecule has 6 nitrogen and oxygen atoms in total. The van der Waals surface area contributed by atoms with Gasteiger partial charge in [0.25, 0.3) is 0 Å². The van der Waals surface area contributed by atoms with E-state index in [9.17, 15) is 13.2 Å². The highest BCUT2D eigenvalue weighted by molar-refractivity contribution is 7.89. The molecule has 0 aromatic heterocycles. The number of sulfonamides is 1. The van der Waals surface area contributed by atoms with Gasteiger partial charge in [0.05, 0.1) is 5.25 Å². The monoisotopic (exact) mass is 421 g/mol. The van der Waals surface area contributed by atoms with Crippen LogP contribution in [0.2, 0.25) is 0 Å². The second-order valence-electron chi connectivity index (χ2n) is 8.74. The third-order valence-electron chi connectivity index (χ3n) is 6.57. The van der Waals surface area contributed by atoms with Gasteiger partial charge < -0.3 is 10.2 Å². The lowest BCUT2D eigenvalue weighted by Crippen LogP contribution is -2.52. The minimum absolute atomic E-state index is 0.0293. The van der Waals surface area contributed by atoms with Crippen LogP contribution in [0, 0.1) is 0 Å². The minimum Gasteiger partial charge on any atom is -0.335 e. The van der Waals surface area contributed by atoms with Gasteiger partial charge in [-0.05, 0) is 63.9 Å². The summed E-state index contributed by atoms with van der Waals surface area (Å²) in [6, 6.07) is 10.9. The Kier molecular flexibility index (Phi) is 7.22. The molecule has 2 aliphatic rings. The van der Waals surface area contributed by atoms with E-state index in [1.807, 2.05) is 13.1 Å². The Bertz CT molecular complexity index is 766. The van der Waals surface area contributed by atoms with E-state index in [1.54, 1.807) is 23.1 Å². The molecule has 1 aromatic rings. The van der Waals surface area contributed by atoms with Gasteiger partial charge in [-0.2, -0.15) is 0 Å². The predicted molar refractivity (Wildman–Crippen MR) is 116 cm³/mol. The average molecular weight is 422 g/mol. The lowest BCUT2D eigenvalue weighted by Gasteiger charge is -2.38. The number of hydrogen-bond donors (Lipinski definition) is 1. The average Bonchev–Trinajstić information content (AvgIpc) is 2.74. The molecule has 1 N–H and O–H groups in total. The highest BCUT2D eigenvalue weighted by atomic mass is 32.2. The van der Waals surface area contributed by atoms with Crippen LogP contribution in [0.5, 0.6) is 0 Å². The van der Waals surface area contributed by atoms with Gasteiger partial charge in [-0.1, -0.05) is 30.3 Å². The van der Waals surface area contributed by atoms with Crippen molar-refractivity contribution < 1.29 is 13.2 Å². The van der Waals surface area contributed by atoms with Crippen LogP contribution in [0.15, 0.2) is 30.3 Å². The van der Waals surface area contributed by atoms with E-state index in [-0.39, 0.29) is 18.1 Å². The molecule has 0 unspecified atom stereocenters. The summed E-state index contributed by atoms with van der Waals surface area (Å²) in [7, 11) is -1.37. The molecule has 7 heteroatoms. The lowest BCUT2D eigenvalue weighted by molar-refractivity contribution is 0.157. The minimum atomic E-state index is -3.21. The molecule has 1 aromatic carbocycles. The fraction of sp³-hybridized carbons (Fsp3) is 0.682. The zero-order chi connectivity index (χ0) is 21.0. The Labute approximate surface area is 175 Å². The normalized spacial score (nSPS) is 24.4. The second kappa shape index (κ2) is 9.47. The Hall–Kier alpha value is -1.60. The van der Waals surface area contributed by atoms with Crippen molar-refractivity contribution in [2.45, 2.75) is 75.6 Å². The molecule has 162 valence electrons. The first-order valence-corrected chi connectivity index (χ1v) is 12.4. The fourth-order valence-corrected chi connectivity index (χ4v) is 5.84. The van der Waals surface area contributed by atoms with E-state index in [2.05, 4.69) is 29.6 Å². The summed E-state index contributed by atoms with van der Waals surface area (Å²) in [5.41, 5.74) is 1.40. The van der Waals surface area contributed by atoms with E-state index in [0.29, 0.717) is 31.8 Å². The van der Waals surface area contributed by atoms with Crippen molar-refractivity contribution >= 4 is 16.1 Å². The molecule has 29 heavy (non-hydrogen) atoms. The molecular weight excluding hydrogens is 386 g/mol. The Morgan fingerprint density at radius 2 is 1.62 bits per heavy atom. The molecule has 0 spiro atoms. The van der Waals surface area contributed by atoms with Crippen LogP contribution in [-0.2, 0) is 10.0 Å². The standard InChI is InChI=1S/C22H35N3O3S/c1-17(2)29(27,28)25-15-13-21(14-16-25)24(3)22(26)23-20-11-9-19(10-12-20)18-7-5-4-6-8-18/h4-8,17,19-21H,9-16H2,1-3H3,(H,23,26). The number of urea groups is 1. The van der Waals surface area contributed by atoms with Crippen molar-refractivity contribution in [2.24, 2.45) is 0 Å². The molecule has 0 bridgehead atoms. The summed E-state index contributed by atoms with van der Waals surface area (Å²) in [5, 5.41) is 2.81. The molecule has 1 aliphatic carbocycles. The molecule has 1 aliphatic heterocycles. The summed E-state index contributed by atoms with van der Waals surface area (Å²) in [5.74, 6) is 0.592. The first-order valence-electron chi connectivity index (χ1n) is 10.9. The number of rotatable bonds is 5. The number of carbonyl (C=O) groups excluding carboxylic acids is 1. The van der Waals surface area contributed by atoms with E-state index >= 15 is 0 Å². The zero-order valence-electron chi connectivity index (χ0n) is 17.9. The predicted octanol–water partition coefficient (Wildman–Crippen LogP) is 3.56. The quantitative estimate of drug-likeness (QED) is 0.790. The third-order valence-corrected chi connectivity index (χ3v) is 8.85. The number of hydrogen-bond acceptors (Lipinski definition) is 3. The van der Waals surface area contributed by atoms with Crippen LogP contribution in [-0.4, -0.2) is 61.1 Å². The number of piperidine rings is 1. The van der Waals surface area contributed by atoms with Crippen LogP contribution in [0.4, 0.5) is 4.79 Å². The Morgan fingerprint density at radius 1 is 1.03 bits per heavy atom. The largest absolute Gasteiger partial charge is 0.335 e. The van der Waals surface area contributed by atoms with Gasteiger partial charge in [-0.3, -0.25) is 0 Å². The maximum atomic E-state index is 12.7. The maximum absolute atomic E-state index is 12.7. The van der Waals surface area contributed by atoms with E-state index in [0.717, 1.165) is 25.7 Å². The van der Waals surface area contributed by atoms with Crippen LogP contribution in [0.1, 0.15) is 63.9 Å². The highest BCUT2D eigenvalue weighted by Gasteiger charge is 2.33. The summed E-state index contributed by atoms with van der Waals surface area (Å²) in [6.45, 7) is 4.41. The SMILES string of the molecule is CC(C)S(=O)(=O)N1CCC(N(C)C(=O)NC2CCC(c3ccccc3)CC2)CC1. The van der Waals surface area contributed by atoms with Crippen molar-refractivity contribution in [3.63, 3.8) is 0 Å². The molecule has 2 fully saturated rings. The molecular formula is C22H35N3O3S. The Morgan fingerprint density at radius 3 is 2.17 bits per heavy atom. The summed E-state index contributed by atoms with van der Waals surface area (Å²) >= 11 is 0. The maximum Gasteiger partial charge on any atom is 0.317 e. The van der Waals surface area contributed by atoms with Crippen molar-refractivity contribution in [2.75, 3.05) is 20.1 Å². The van der Waals surface area contributed by atoms with Crippen LogP contribution in [0.25, 0.3) is 0 Å². The van der Waals surface area contributed by atoms with Gasteiger partial charge in [0.1, 0.15) is 0 Å². The number of nitrogens with one attached hydrogen (secondary N) is 1. The van der Waals surface area contributed by atoms with Crippen LogP contribution in [0.3, 0.4) is 0 Å². The summed E-state index contributed by atoms with van der Waals surface area (Å²) in [4.78, 5) is 14.5. The zero-order valence-corrected chi connectivity index (χ0v) is 18.7. The molecule has 1 saturated carbocycles. The number of amides is 2.